The fraction of sp³-hybridized carbons (Fsp3) is 0.467. The molecule has 0 bridgehead atoms. The summed E-state index contributed by atoms with van der Waals surface area (Å²) in [7, 11) is -0.620. The van der Waals surface area contributed by atoms with Crippen molar-refractivity contribution in [3.63, 3.8) is 0 Å². The average molecular weight is 344 g/mol. The molecular formula is C15H20BCl2NO3. The molecule has 0 saturated carbocycles. The second kappa shape index (κ2) is 6.06. The Kier molecular flexibility index (Phi) is 4.86. The topological polar surface area (TPSA) is 64.7 Å². The number of aliphatic hydroxyl groups excluding tert-OH is 1. The summed E-state index contributed by atoms with van der Waals surface area (Å²) in [6.45, 7) is 7.63. The van der Waals surface area contributed by atoms with Gasteiger partial charge >= 0.3 is 7.12 Å². The second-order valence-electron chi connectivity index (χ2n) is 6.36. The molecule has 0 radical (unpaired) electrons. The summed E-state index contributed by atoms with van der Waals surface area (Å²) in [5.41, 5.74) is 6.44. The molecule has 0 atom stereocenters. The molecule has 4 nitrogen and oxygen atoms in total. The minimum atomic E-state index is -0.620. The van der Waals surface area contributed by atoms with Crippen LogP contribution >= 0.6 is 23.2 Å². The summed E-state index contributed by atoms with van der Waals surface area (Å²) in [5, 5.41) is 10.4. The molecule has 0 unspecified atom stereocenters. The molecule has 1 fully saturated rings. The predicted molar refractivity (Wildman–Crippen MR) is 92.0 cm³/mol. The summed E-state index contributed by atoms with van der Waals surface area (Å²) in [6, 6.07) is 3.37. The summed E-state index contributed by atoms with van der Waals surface area (Å²) in [4.78, 5) is 0. The Labute approximate surface area is 141 Å². The van der Waals surface area contributed by atoms with Gasteiger partial charge in [0.2, 0.25) is 0 Å². The van der Waals surface area contributed by atoms with Crippen LogP contribution in [0.15, 0.2) is 17.6 Å². The third kappa shape index (κ3) is 3.29. The van der Waals surface area contributed by atoms with Gasteiger partial charge in [-0.1, -0.05) is 29.3 Å². The van der Waals surface area contributed by atoms with Crippen LogP contribution in [-0.2, 0) is 9.31 Å². The first-order valence-electron chi connectivity index (χ1n) is 6.99. The lowest BCUT2D eigenvalue weighted by molar-refractivity contribution is 0.00578. The Bertz CT molecular complexity index is 578. The van der Waals surface area contributed by atoms with E-state index in [4.69, 9.17) is 38.2 Å². The van der Waals surface area contributed by atoms with Crippen molar-refractivity contribution in [2.45, 2.75) is 38.9 Å². The van der Waals surface area contributed by atoms with E-state index < -0.39 is 18.3 Å². The van der Waals surface area contributed by atoms with Gasteiger partial charge in [-0.15, -0.1) is 0 Å². The Morgan fingerprint density at radius 2 is 1.64 bits per heavy atom. The number of nitrogen functional groups attached to an aromatic ring is 1. The van der Waals surface area contributed by atoms with Crippen LogP contribution in [0.4, 0.5) is 5.69 Å². The van der Waals surface area contributed by atoms with E-state index in [1.807, 2.05) is 27.7 Å². The van der Waals surface area contributed by atoms with E-state index in [1.165, 1.54) is 0 Å². The minimum Gasteiger partial charge on any atom is -0.400 e. The highest BCUT2D eigenvalue weighted by atomic mass is 35.5. The van der Waals surface area contributed by atoms with Gasteiger partial charge in [0.05, 0.1) is 33.5 Å². The Morgan fingerprint density at radius 3 is 2.05 bits per heavy atom. The molecular weight excluding hydrogens is 324 g/mol. The summed E-state index contributed by atoms with van der Waals surface area (Å²) < 4.78 is 11.9. The number of benzene rings is 1. The first-order chi connectivity index (χ1) is 10.1. The van der Waals surface area contributed by atoms with E-state index in [0.29, 0.717) is 21.2 Å². The molecule has 1 heterocycles. The Hall–Kier alpha value is -0.715. The van der Waals surface area contributed by atoms with E-state index in [2.05, 4.69) is 0 Å². The van der Waals surface area contributed by atoms with E-state index in [-0.39, 0.29) is 6.61 Å². The number of aliphatic hydroxyl groups is 1. The second-order valence-corrected chi connectivity index (χ2v) is 7.18. The van der Waals surface area contributed by atoms with Gasteiger partial charge < -0.3 is 20.1 Å². The number of rotatable bonds is 3. The Balaban J connectivity index is 2.34. The number of hydrogen-bond acceptors (Lipinski definition) is 4. The van der Waals surface area contributed by atoms with Gasteiger partial charge in [0.1, 0.15) is 0 Å². The molecule has 3 N–H and O–H groups in total. The molecule has 1 saturated heterocycles. The minimum absolute atomic E-state index is 0.198. The van der Waals surface area contributed by atoms with E-state index in [1.54, 1.807) is 18.2 Å². The van der Waals surface area contributed by atoms with Crippen molar-refractivity contribution in [2.75, 3.05) is 12.3 Å². The number of nitrogens with two attached hydrogens (primary N) is 1. The van der Waals surface area contributed by atoms with Crippen LogP contribution in [0.25, 0.3) is 6.08 Å². The largest absolute Gasteiger partial charge is 0.492 e. The van der Waals surface area contributed by atoms with Crippen LogP contribution in [-0.4, -0.2) is 30.0 Å². The molecule has 1 aliphatic rings. The summed E-state index contributed by atoms with van der Waals surface area (Å²) in [6.07, 6.45) is 1.75. The maximum absolute atomic E-state index is 9.66. The number of anilines is 1. The molecule has 1 aliphatic heterocycles. The van der Waals surface area contributed by atoms with Crippen molar-refractivity contribution in [3.8, 4) is 0 Å². The van der Waals surface area contributed by atoms with Gasteiger partial charge in [0, 0.05) is 0 Å². The lowest BCUT2D eigenvalue weighted by Gasteiger charge is -2.32. The maximum Gasteiger partial charge on any atom is 0.492 e. The van der Waals surface area contributed by atoms with Gasteiger partial charge in [0.15, 0.2) is 0 Å². The summed E-state index contributed by atoms with van der Waals surface area (Å²) in [5.74, 6) is 0. The fourth-order valence-electron chi connectivity index (χ4n) is 2.08. The van der Waals surface area contributed by atoms with Gasteiger partial charge in [-0.25, -0.2) is 0 Å². The van der Waals surface area contributed by atoms with Gasteiger partial charge in [0.25, 0.3) is 0 Å². The van der Waals surface area contributed by atoms with Crippen LogP contribution in [0.2, 0.25) is 10.0 Å². The fourth-order valence-corrected chi connectivity index (χ4v) is 2.59. The lowest BCUT2D eigenvalue weighted by atomic mass is 9.77. The quantitative estimate of drug-likeness (QED) is 0.650. The van der Waals surface area contributed by atoms with Crippen molar-refractivity contribution in [3.05, 3.63) is 33.2 Å². The molecule has 22 heavy (non-hydrogen) atoms. The first-order valence-corrected chi connectivity index (χ1v) is 7.74. The van der Waals surface area contributed by atoms with Crippen molar-refractivity contribution < 1.29 is 14.4 Å². The highest BCUT2D eigenvalue weighted by Gasteiger charge is 2.52. The summed E-state index contributed by atoms with van der Waals surface area (Å²) >= 11 is 12.1. The molecule has 7 heteroatoms. The van der Waals surface area contributed by atoms with E-state index >= 15 is 0 Å². The Morgan fingerprint density at radius 1 is 1.18 bits per heavy atom. The molecule has 1 aromatic rings. The maximum atomic E-state index is 9.66. The van der Waals surface area contributed by atoms with Crippen LogP contribution in [0.3, 0.4) is 0 Å². The van der Waals surface area contributed by atoms with Crippen LogP contribution in [0.1, 0.15) is 33.3 Å². The first kappa shape index (κ1) is 17.6. The van der Waals surface area contributed by atoms with E-state index in [9.17, 15) is 5.11 Å². The predicted octanol–water partition coefficient (Wildman–Crippen LogP) is 3.58. The van der Waals surface area contributed by atoms with Crippen LogP contribution in [0, 0.1) is 0 Å². The zero-order chi connectivity index (χ0) is 16.7. The monoisotopic (exact) mass is 343 g/mol. The molecule has 0 spiro atoms. The highest BCUT2D eigenvalue weighted by Crippen LogP contribution is 2.39. The van der Waals surface area contributed by atoms with Crippen molar-refractivity contribution in [2.24, 2.45) is 0 Å². The molecule has 0 aromatic heterocycles. The molecule has 1 aromatic carbocycles. The van der Waals surface area contributed by atoms with Crippen LogP contribution < -0.4 is 5.73 Å². The smallest absolute Gasteiger partial charge is 0.400 e. The van der Waals surface area contributed by atoms with Gasteiger partial charge in [-0.3, -0.25) is 0 Å². The molecule has 2 rings (SSSR count). The van der Waals surface area contributed by atoms with Crippen molar-refractivity contribution in [1.82, 2.24) is 0 Å². The van der Waals surface area contributed by atoms with Crippen molar-refractivity contribution in [1.29, 1.82) is 0 Å². The van der Waals surface area contributed by atoms with E-state index in [0.717, 1.165) is 5.56 Å². The number of hydrogen-bond donors (Lipinski definition) is 2. The molecule has 0 aliphatic carbocycles. The normalized spacial score (nSPS) is 20.5. The molecule has 120 valence electrons. The third-order valence-corrected chi connectivity index (χ3v) is 4.82. The zero-order valence-corrected chi connectivity index (χ0v) is 14.6. The average Bonchev–Trinajstić information content (AvgIpc) is 2.61. The van der Waals surface area contributed by atoms with Gasteiger partial charge in [-0.2, -0.15) is 0 Å². The van der Waals surface area contributed by atoms with Crippen LogP contribution in [0.5, 0.6) is 0 Å². The zero-order valence-electron chi connectivity index (χ0n) is 13.1. The third-order valence-electron chi connectivity index (χ3n) is 4.19. The SMILES string of the molecule is CC1(C)OB(C(=Cc2cc(Cl)c(N)c(Cl)c2)CO)OC1(C)C. The van der Waals surface area contributed by atoms with Gasteiger partial charge in [-0.05, 0) is 50.9 Å². The molecule has 0 amide bonds. The van der Waals surface area contributed by atoms with Crippen molar-refractivity contribution >= 4 is 42.1 Å². The lowest BCUT2D eigenvalue weighted by Crippen LogP contribution is -2.41. The number of halogens is 2. The standard InChI is InChI=1S/C15H20BCl2NO3/c1-14(2)15(3,4)22-16(21-14)10(8-20)5-9-6-11(17)13(19)12(18)7-9/h5-7,20H,8,19H2,1-4H3. The highest BCUT2D eigenvalue weighted by molar-refractivity contribution is 6.55.